The molecular formula is C14H28N6O2. The molecule has 4 N–H and O–H groups in total. The molecule has 8 heteroatoms. The minimum atomic E-state index is 0.541. The molecule has 0 rings (SSSR count). The molecule has 0 bridgehead atoms. The van der Waals surface area contributed by atoms with Crippen molar-refractivity contribution in [3.63, 3.8) is 0 Å². The fourth-order valence-corrected chi connectivity index (χ4v) is 1.41. The molecule has 0 aliphatic rings. The van der Waals surface area contributed by atoms with Crippen molar-refractivity contribution in [2.24, 2.45) is 20.3 Å². The molecule has 8 nitrogen and oxygen atoms in total. The van der Waals surface area contributed by atoms with Gasteiger partial charge in [0.2, 0.25) is 0 Å². The van der Waals surface area contributed by atoms with Crippen LogP contribution in [0.15, 0.2) is 20.3 Å². The number of nitrogens with zero attached hydrogens (tertiary/aromatic N) is 4. The first kappa shape index (κ1) is 20.2. The van der Waals surface area contributed by atoms with Gasteiger partial charge in [0.15, 0.2) is 0 Å². The van der Waals surface area contributed by atoms with E-state index in [0.717, 1.165) is 37.6 Å². The lowest BCUT2D eigenvalue weighted by Crippen LogP contribution is -2.30. The number of nitrogens with one attached hydrogen (secondary N) is 2. The highest BCUT2D eigenvalue weighted by Gasteiger charge is 1.96. The Morgan fingerprint density at radius 1 is 0.636 bits per heavy atom. The van der Waals surface area contributed by atoms with E-state index < -0.39 is 0 Å². The quantitative estimate of drug-likeness (QED) is 0.195. The van der Waals surface area contributed by atoms with Crippen molar-refractivity contribution in [3.8, 4) is 0 Å². The molecule has 0 fully saturated rings. The maximum Gasteiger partial charge on any atom is 0.0971 e. The van der Waals surface area contributed by atoms with Crippen LogP contribution in [-0.4, -0.2) is 72.5 Å². The van der Waals surface area contributed by atoms with Crippen molar-refractivity contribution in [2.45, 2.75) is 27.7 Å². The SMILES string of the molecule is CC(=NCCNCCNCCN=C(C)/C(C)=N/O)/C(C)=N/O. The largest absolute Gasteiger partial charge is 0.411 e. The summed E-state index contributed by atoms with van der Waals surface area (Å²) < 4.78 is 0. The Hall–Kier alpha value is -1.80. The smallest absolute Gasteiger partial charge is 0.0971 e. The molecule has 22 heavy (non-hydrogen) atoms. The van der Waals surface area contributed by atoms with Crippen molar-refractivity contribution >= 4 is 22.8 Å². The van der Waals surface area contributed by atoms with Crippen LogP contribution >= 0.6 is 0 Å². The highest BCUT2D eigenvalue weighted by Crippen LogP contribution is 1.84. The van der Waals surface area contributed by atoms with Gasteiger partial charge in [0, 0.05) is 26.2 Å². The minimum Gasteiger partial charge on any atom is -0.411 e. The standard InChI is InChI=1S/C14H28N6O2/c1-11(13(3)19-21)17-9-7-15-5-6-16-8-10-18-12(2)14(4)20-22/h15-16,21-22H,5-10H2,1-4H3/b17-11?,18-12?,19-13+,20-14+. The zero-order valence-corrected chi connectivity index (χ0v) is 13.9. The fraction of sp³-hybridized carbons (Fsp3) is 0.714. The van der Waals surface area contributed by atoms with Crippen molar-refractivity contribution in [1.29, 1.82) is 0 Å². The molecule has 0 atom stereocenters. The van der Waals surface area contributed by atoms with Crippen LogP contribution in [-0.2, 0) is 0 Å². The molecule has 0 heterocycles. The first-order valence-electron chi connectivity index (χ1n) is 7.34. The molecule has 0 saturated heterocycles. The van der Waals surface area contributed by atoms with Crippen LogP contribution in [0.25, 0.3) is 0 Å². The lowest BCUT2D eigenvalue weighted by molar-refractivity contribution is 0.319. The molecule has 0 unspecified atom stereocenters. The summed E-state index contributed by atoms with van der Waals surface area (Å²) in [4.78, 5) is 8.56. The highest BCUT2D eigenvalue weighted by molar-refractivity contribution is 6.40. The molecule has 0 saturated carbocycles. The third kappa shape index (κ3) is 10.0. The lowest BCUT2D eigenvalue weighted by atomic mass is 10.3. The van der Waals surface area contributed by atoms with Crippen molar-refractivity contribution in [3.05, 3.63) is 0 Å². The van der Waals surface area contributed by atoms with Gasteiger partial charge in [-0.15, -0.1) is 0 Å². The van der Waals surface area contributed by atoms with Crippen LogP contribution in [0.2, 0.25) is 0 Å². The van der Waals surface area contributed by atoms with E-state index in [1.165, 1.54) is 0 Å². The van der Waals surface area contributed by atoms with Gasteiger partial charge in [-0.25, -0.2) is 0 Å². The Balaban J connectivity index is 3.56. The molecular weight excluding hydrogens is 284 g/mol. The Kier molecular flexibility index (Phi) is 11.8. The van der Waals surface area contributed by atoms with E-state index in [1.807, 2.05) is 13.8 Å². The summed E-state index contributed by atoms with van der Waals surface area (Å²) >= 11 is 0. The summed E-state index contributed by atoms with van der Waals surface area (Å²) in [6.07, 6.45) is 0. The first-order valence-corrected chi connectivity index (χ1v) is 7.34. The fourth-order valence-electron chi connectivity index (χ4n) is 1.41. The Bertz CT molecular complexity index is 389. The summed E-state index contributed by atoms with van der Waals surface area (Å²) in [6, 6.07) is 0. The van der Waals surface area contributed by atoms with Crippen LogP contribution < -0.4 is 10.6 Å². The third-order valence-electron chi connectivity index (χ3n) is 3.10. The maximum atomic E-state index is 8.58. The topological polar surface area (TPSA) is 114 Å². The molecule has 0 spiro atoms. The minimum absolute atomic E-state index is 0.541. The van der Waals surface area contributed by atoms with E-state index in [0.29, 0.717) is 24.5 Å². The van der Waals surface area contributed by atoms with Crippen LogP contribution in [0.3, 0.4) is 0 Å². The van der Waals surface area contributed by atoms with Gasteiger partial charge in [-0.05, 0) is 27.7 Å². The van der Waals surface area contributed by atoms with E-state index in [1.54, 1.807) is 13.8 Å². The van der Waals surface area contributed by atoms with Gasteiger partial charge in [-0.3, -0.25) is 9.98 Å². The van der Waals surface area contributed by atoms with E-state index in [4.69, 9.17) is 10.4 Å². The molecule has 0 aromatic carbocycles. The third-order valence-corrected chi connectivity index (χ3v) is 3.10. The molecule has 0 aromatic heterocycles. The van der Waals surface area contributed by atoms with E-state index >= 15 is 0 Å². The van der Waals surface area contributed by atoms with Gasteiger partial charge in [-0.1, -0.05) is 10.3 Å². The van der Waals surface area contributed by atoms with Gasteiger partial charge >= 0.3 is 0 Å². The van der Waals surface area contributed by atoms with Crippen LogP contribution in [0.4, 0.5) is 0 Å². The highest BCUT2D eigenvalue weighted by atomic mass is 16.4. The number of oxime groups is 2. The summed E-state index contributed by atoms with van der Waals surface area (Å²) in [6.45, 7) is 11.6. The number of hydrogen-bond acceptors (Lipinski definition) is 8. The summed E-state index contributed by atoms with van der Waals surface area (Å²) in [5, 5.41) is 29.9. The van der Waals surface area contributed by atoms with Gasteiger partial charge in [0.1, 0.15) is 0 Å². The van der Waals surface area contributed by atoms with Crippen molar-refractivity contribution < 1.29 is 10.4 Å². The van der Waals surface area contributed by atoms with Crippen LogP contribution in [0.5, 0.6) is 0 Å². The second kappa shape index (κ2) is 12.9. The van der Waals surface area contributed by atoms with E-state index in [2.05, 4.69) is 30.9 Å². The average Bonchev–Trinajstić information content (AvgIpc) is 2.54. The van der Waals surface area contributed by atoms with Crippen molar-refractivity contribution in [1.82, 2.24) is 10.6 Å². The van der Waals surface area contributed by atoms with Crippen molar-refractivity contribution in [2.75, 3.05) is 39.3 Å². The molecule has 0 radical (unpaired) electrons. The lowest BCUT2D eigenvalue weighted by Gasteiger charge is -2.05. The van der Waals surface area contributed by atoms with Gasteiger partial charge in [-0.2, -0.15) is 0 Å². The van der Waals surface area contributed by atoms with E-state index in [-0.39, 0.29) is 0 Å². The molecule has 0 aliphatic carbocycles. The predicted octanol–water partition coefficient (Wildman–Crippen LogP) is 0.788. The second-order valence-corrected chi connectivity index (χ2v) is 4.81. The van der Waals surface area contributed by atoms with Gasteiger partial charge in [0.05, 0.1) is 35.9 Å². The molecule has 0 aliphatic heterocycles. The zero-order chi connectivity index (χ0) is 16.8. The Morgan fingerprint density at radius 3 is 1.32 bits per heavy atom. The maximum absolute atomic E-state index is 8.58. The average molecular weight is 312 g/mol. The number of rotatable bonds is 11. The molecule has 0 aromatic rings. The van der Waals surface area contributed by atoms with E-state index in [9.17, 15) is 0 Å². The first-order chi connectivity index (χ1) is 10.5. The summed E-state index contributed by atoms with van der Waals surface area (Å²) in [5.41, 5.74) is 2.58. The van der Waals surface area contributed by atoms with Gasteiger partial charge in [0.25, 0.3) is 0 Å². The van der Waals surface area contributed by atoms with Crippen LogP contribution in [0.1, 0.15) is 27.7 Å². The zero-order valence-electron chi connectivity index (χ0n) is 13.9. The second-order valence-electron chi connectivity index (χ2n) is 4.81. The van der Waals surface area contributed by atoms with Gasteiger partial charge < -0.3 is 21.0 Å². The monoisotopic (exact) mass is 312 g/mol. The summed E-state index contributed by atoms with van der Waals surface area (Å²) in [7, 11) is 0. The number of hydrogen-bond donors (Lipinski definition) is 4. The number of aliphatic imine (C=N–C) groups is 2. The Morgan fingerprint density at radius 2 is 1.00 bits per heavy atom. The van der Waals surface area contributed by atoms with Crippen LogP contribution in [0, 0.1) is 0 Å². The molecule has 0 amide bonds. The summed E-state index contributed by atoms with van der Waals surface area (Å²) in [5.74, 6) is 0. The molecule has 126 valence electrons. The Labute approximate surface area is 132 Å². The normalized spacial score (nSPS) is 14.5. The predicted molar refractivity (Wildman–Crippen MR) is 91.5 cm³/mol.